The summed E-state index contributed by atoms with van der Waals surface area (Å²) in [6.07, 6.45) is 1.69. The van der Waals surface area contributed by atoms with Crippen LogP contribution >= 0.6 is 0 Å². The highest BCUT2D eigenvalue weighted by Crippen LogP contribution is 2.08. The van der Waals surface area contributed by atoms with Crippen LogP contribution in [0.15, 0.2) is 48.7 Å². The van der Waals surface area contributed by atoms with Gasteiger partial charge in [0.2, 0.25) is 0 Å². The quantitative estimate of drug-likeness (QED) is 0.891. The van der Waals surface area contributed by atoms with E-state index < -0.39 is 0 Å². The Balaban J connectivity index is 1.98. The molecule has 0 bridgehead atoms. The van der Waals surface area contributed by atoms with Crippen LogP contribution in [0.25, 0.3) is 0 Å². The summed E-state index contributed by atoms with van der Waals surface area (Å²) < 4.78 is 0. The molecule has 1 aromatic carbocycles. The molecule has 0 aliphatic carbocycles. The van der Waals surface area contributed by atoms with E-state index in [4.69, 9.17) is 0 Å². The van der Waals surface area contributed by atoms with Crippen molar-refractivity contribution in [2.45, 2.75) is 20.4 Å². The number of nitrogens with zero attached hydrogens (tertiary/aromatic N) is 2. The number of nitrogens with one attached hydrogen (secondary N) is 1. The first-order valence-electron chi connectivity index (χ1n) is 7.73. The molecule has 0 saturated carbocycles. The van der Waals surface area contributed by atoms with E-state index in [1.807, 2.05) is 32.0 Å². The van der Waals surface area contributed by atoms with E-state index in [-0.39, 0.29) is 11.8 Å². The first-order valence-corrected chi connectivity index (χ1v) is 7.73. The van der Waals surface area contributed by atoms with Gasteiger partial charge in [-0.2, -0.15) is 0 Å². The molecule has 0 aliphatic rings. The summed E-state index contributed by atoms with van der Waals surface area (Å²) >= 11 is 0. The van der Waals surface area contributed by atoms with Gasteiger partial charge in [0.15, 0.2) is 0 Å². The molecule has 0 fully saturated rings. The zero-order valence-corrected chi connectivity index (χ0v) is 13.5. The summed E-state index contributed by atoms with van der Waals surface area (Å²) in [5.74, 6) is -0.201. The topological polar surface area (TPSA) is 62.3 Å². The van der Waals surface area contributed by atoms with E-state index in [0.29, 0.717) is 30.8 Å². The van der Waals surface area contributed by atoms with Gasteiger partial charge in [-0.1, -0.05) is 6.07 Å². The number of hydrogen-bond acceptors (Lipinski definition) is 3. The van der Waals surface area contributed by atoms with Crippen molar-refractivity contribution in [2.75, 3.05) is 13.1 Å². The Labute approximate surface area is 136 Å². The fourth-order valence-electron chi connectivity index (χ4n) is 2.23. The molecule has 5 nitrogen and oxygen atoms in total. The number of rotatable bonds is 6. The van der Waals surface area contributed by atoms with Gasteiger partial charge in [-0.05, 0) is 50.2 Å². The van der Waals surface area contributed by atoms with Crippen molar-refractivity contribution in [1.29, 1.82) is 0 Å². The van der Waals surface area contributed by atoms with Crippen LogP contribution in [-0.2, 0) is 6.54 Å². The maximum atomic E-state index is 12.2. The Morgan fingerprint density at radius 3 is 2.22 bits per heavy atom. The van der Waals surface area contributed by atoms with Crippen molar-refractivity contribution in [3.05, 3.63) is 65.5 Å². The van der Waals surface area contributed by atoms with E-state index in [1.165, 1.54) is 0 Å². The molecule has 0 unspecified atom stereocenters. The van der Waals surface area contributed by atoms with Gasteiger partial charge in [-0.15, -0.1) is 0 Å². The summed E-state index contributed by atoms with van der Waals surface area (Å²) in [5.41, 5.74) is 1.92. The van der Waals surface area contributed by atoms with Crippen LogP contribution in [-0.4, -0.2) is 34.8 Å². The molecule has 23 heavy (non-hydrogen) atoms. The third-order valence-electron chi connectivity index (χ3n) is 3.60. The zero-order chi connectivity index (χ0) is 16.7. The smallest absolute Gasteiger partial charge is 0.253 e. The Morgan fingerprint density at radius 1 is 1.00 bits per heavy atom. The summed E-state index contributed by atoms with van der Waals surface area (Å²) in [4.78, 5) is 30.2. The standard InChI is InChI=1S/C18H21N3O2/c1-3-21(4-2)18(23)15-10-8-14(9-11-15)17(22)20-13-16-7-5-6-12-19-16/h5-12H,3-4,13H2,1-2H3,(H,20,22). The van der Waals surface area contributed by atoms with Crippen molar-refractivity contribution in [3.8, 4) is 0 Å². The molecule has 1 heterocycles. The fraction of sp³-hybridized carbons (Fsp3) is 0.278. The molecule has 0 aliphatic heterocycles. The van der Waals surface area contributed by atoms with Gasteiger partial charge in [0.1, 0.15) is 0 Å². The normalized spacial score (nSPS) is 10.2. The Hall–Kier alpha value is -2.69. The van der Waals surface area contributed by atoms with E-state index in [0.717, 1.165) is 5.69 Å². The van der Waals surface area contributed by atoms with Crippen molar-refractivity contribution >= 4 is 11.8 Å². The average Bonchev–Trinajstić information content (AvgIpc) is 2.61. The molecular formula is C18H21N3O2. The lowest BCUT2D eigenvalue weighted by Crippen LogP contribution is -2.30. The molecule has 0 spiro atoms. The van der Waals surface area contributed by atoms with Crippen LogP contribution in [0.4, 0.5) is 0 Å². The molecule has 0 atom stereocenters. The molecule has 2 rings (SSSR count). The Morgan fingerprint density at radius 2 is 1.65 bits per heavy atom. The lowest BCUT2D eigenvalue weighted by Gasteiger charge is -2.18. The summed E-state index contributed by atoms with van der Waals surface area (Å²) in [6.45, 7) is 5.60. The number of amides is 2. The maximum Gasteiger partial charge on any atom is 0.253 e. The lowest BCUT2D eigenvalue weighted by molar-refractivity contribution is 0.0772. The highest BCUT2D eigenvalue weighted by molar-refractivity contribution is 5.97. The van der Waals surface area contributed by atoms with Gasteiger partial charge >= 0.3 is 0 Å². The second-order valence-electron chi connectivity index (χ2n) is 5.06. The molecule has 5 heteroatoms. The van der Waals surface area contributed by atoms with Crippen molar-refractivity contribution < 1.29 is 9.59 Å². The monoisotopic (exact) mass is 311 g/mol. The van der Waals surface area contributed by atoms with Gasteiger partial charge in [0, 0.05) is 30.4 Å². The Kier molecular flexibility index (Phi) is 5.86. The molecule has 0 saturated heterocycles. The SMILES string of the molecule is CCN(CC)C(=O)c1ccc(C(=O)NCc2ccccn2)cc1. The third kappa shape index (κ3) is 4.39. The van der Waals surface area contributed by atoms with Crippen LogP contribution in [0, 0.1) is 0 Å². The molecule has 1 aromatic heterocycles. The first kappa shape index (κ1) is 16.7. The van der Waals surface area contributed by atoms with Gasteiger partial charge in [-0.3, -0.25) is 14.6 Å². The van der Waals surface area contributed by atoms with Crippen LogP contribution in [0.5, 0.6) is 0 Å². The van der Waals surface area contributed by atoms with Gasteiger partial charge < -0.3 is 10.2 Å². The molecule has 2 amide bonds. The van der Waals surface area contributed by atoms with E-state index in [1.54, 1.807) is 35.4 Å². The van der Waals surface area contributed by atoms with Gasteiger partial charge in [0.05, 0.1) is 12.2 Å². The highest BCUT2D eigenvalue weighted by atomic mass is 16.2. The first-order chi connectivity index (χ1) is 11.2. The predicted octanol–water partition coefficient (Wildman–Crippen LogP) is 2.49. The molecule has 0 radical (unpaired) electrons. The Bertz CT molecular complexity index is 650. The largest absolute Gasteiger partial charge is 0.346 e. The van der Waals surface area contributed by atoms with E-state index in [9.17, 15) is 9.59 Å². The molecule has 1 N–H and O–H groups in total. The summed E-state index contributed by atoms with van der Waals surface area (Å²) in [7, 11) is 0. The second-order valence-corrected chi connectivity index (χ2v) is 5.06. The maximum absolute atomic E-state index is 12.2. The third-order valence-corrected chi connectivity index (χ3v) is 3.60. The number of hydrogen-bond donors (Lipinski definition) is 1. The van der Waals surface area contributed by atoms with E-state index >= 15 is 0 Å². The number of carbonyl (C=O) groups is 2. The molecule has 2 aromatic rings. The molecule has 120 valence electrons. The van der Waals surface area contributed by atoms with E-state index in [2.05, 4.69) is 10.3 Å². The zero-order valence-electron chi connectivity index (χ0n) is 13.5. The average molecular weight is 311 g/mol. The number of carbonyl (C=O) groups excluding carboxylic acids is 2. The minimum atomic E-state index is -0.183. The minimum Gasteiger partial charge on any atom is -0.346 e. The van der Waals surface area contributed by atoms with Crippen LogP contribution in [0.2, 0.25) is 0 Å². The molecular weight excluding hydrogens is 290 g/mol. The summed E-state index contributed by atoms with van der Waals surface area (Å²) in [6, 6.07) is 12.3. The number of aromatic nitrogens is 1. The second kappa shape index (κ2) is 8.08. The summed E-state index contributed by atoms with van der Waals surface area (Å²) in [5, 5.41) is 2.81. The van der Waals surface area contributed by atoms with Crippen molar-refractivity contribution in [1.82, 2.24) is 15.2 Å². The van der Waals surface area contributed by atoms with Crippen molar-refractivity contribution in [3.63, 3.8) is 0 Å². The van der Waals surface area contributed by atoms with Crippen molar-refractivity contribution in [2.24, 2.45) is 0 Å². The number of benzene rings is 1. The fourth-order valence-corrected chi connectivity index (χ4v) is 2.23. The minimum absolute atomic E-state index is 0.0181. The van der Waals surface area contributed by atoms with Crippen LogP contribution < -0.4 is 5.32 Å². The van der Waals surface area contributed by atoms with Gasteiger partial charge in [-0.25, -0.2) is 0 Å². The highest BCUT2D eigenvalue weighted by Gasteiger charge is 2.13. The van der Waals surface area contributed by atoms with Crippen LogP contribution in [0.3, 0.4) is 0 Å². The van der Waals surface area contributed by atoms with Gasteiger partial charge in [0.25, 0.3) is 11.8 Å². The lowest BCUT2D eigenvalue weighted by atomic mass is 10.1. The predicted molar refractivity (Wildman–Crippen MR) is 89.1 cm³/mol. The number of pyridine rings is 1. The van der Waals surface area contributed by atoms with Crippen LogP contribution in [0.1, 0.15) is 40.3 Å².